The van der Waals surface area contributed by atoms with Gasteiger partial charge in [0.1, 0.15) is 17.1 Å². The van der Waals surface area contributed by atoms with E-state index in [9.17, 15) is 44.5 Å². The number of pyridine rings is 1. The molecule has 51 heavy (non-hydrogen) atoms. The molecule has 1 saturated heterocycles. The number of thioether (sulfide) groups is 2. The summed E-state index contributed by atoms with van der Waals surface area (Å²) < 4.78 is 5.78. The number of fused-ring (bicyclic) bond motifs is 1. The van der Waals surface area contributed by atoms with Gasteiger partial charge in [-0.3, -0.25) is 19.3 Å². The molecule has 1 aliphatic carbocycles. The summed E-state index contributed by atoms with van der Waals surface area (Å²) in [6.45, 7) is -0.161. The first-order valence-corrected chi connectivity index (χ1v) is 17.0. The second-order valence-electron chi connectivity index (χ2n) is 10.9. The van der Waals surface area contributed by atoms with Gasteiger partial charge in [-0.2, -0.15) is 14.1 Å². The molecular weight excluding hydrogens is 757 g/mol. The number of nitrogens with one attached hydrogen (secondary N) is 1. The number of anilines is 1. The molecule has 6 rings (SSSR count). The Morgan fingerprint density at radius 1 is 1.20 bits per heavy atom. The van der Waals surface area contributed by atoms with Gasteiger partial charge in [-0.15, -0.1) is 16.9 Å². The fraction of sp³-hybridized carbons (Fsp3) is 0.400. The smallest absolute Gasteiger partial charge is 0.352 e. The Morgan fingerprint density at radius 3 is 2.57 bits per heavy atom. The van der Waals surface area contributed by atoms with Crippen LogP contribution in [0.4, 0.5) is 5.13 Å². The van der Waals surface area contributed by atoms with E-state index in [0.29, 0.717) is 23.1 Å². The Hall–Kier alpha value is -3.23. The predicted octanol–water partition coefficient (Wildman–Crippen LogP) is -1.85. The fourth-order valence-electron chi connectivity index (χ4n) is 5.32. The van der Waals surface area contributed by atoms with Gasteiger partial charge in [0, 0.05) is 101 Å². The average molecular weight is 782 g/mol. The third kappa shape index (κ3) is 8.22. The van der Waals surface area contributed by atoms with E-state index in [1.165, 1.54) is 16.4 Å². The average Bonchev–Trinajstić information content (AvgIpc) is 3.83. The number of carbonyl (C=O) groups is 4. The van der Waals surface area contributed by atoms with Gasteiger partial charge in [-0.05, 0) is 28.8 Å². The number of nitrogens with zero attached hydrogens (tertiary/aromatic N) is 9. The first-order chi connectivity index (χ1) is 23.4. The van der Waals surface area contributed by atoms with Crippen molar-refractivity contribution in [2.24, 2.45) is 5.16 Å². The van der Waals surface area contributed by atoms with Crippen LogP contribution in [0.2, 0.25) is 0 Å². The van der Waals surface area contributed by atoms with Crippen molar-refractivity contribution in [2.45, 2.75) is 54.4 Å². The summed E-state index contributed by atoms with van der Waals surface area (Å²) in [7, 11) is 0. The summed E-state index contributed by atoms with van der Waals surface area (Å²) in [6.07, 6.45) is 2.34. The number of carboxylic acid groups (broad SMARTS) is 2. The monoisotopic (exact) mass is 781 g/mol. The Morgan fingerprint density at radius 2 is 1.92 bits per heavy atom. The van der Waals surface area contributed by atoms with E-state index >= 15 is 0 Å². The van der Waals surface area contributed by atoms with E-state index in [1.54, 1.807) is 0 Å². The number of oxime groups is 1. The number of rotatable bonds is 12. The number of aromatic hydroxyl groups is 1. The second kappa shape index (κ2) is 16.6. The molecule has 3 aliphatic rings. The SMILES string of the molecule is Nc1nc(/C(=N/OC2(C(=O)O)CCCC2)C(=O)N[C@@H]2C(=O)N3C(C(=O)O)=C(CSc4nnnn4Cc4cc(=O)c(O)cn4O)CS[C@H]23)ns1.[Na].[Na]. The third-order valence-electron chi connectivity index (χ3n) is 7.79. The molecule has 2 fully saturated rings. The first kappa shape index (κ1) is 40.5. The Bertz CT molecular complexity index is 1980. The van der Waals surface area contributed by atoms with Crippen LogP contribution < -0.4 is 16.5 Å². The molecule has 2 radical (unpaired) electrons. The van der Waals surface area contributed by atoms with Gasteiger partial charge in [0.05, 0.1) is 18.4 Å². The van der Waals surface area contributed by atoms with E-state index in [0.717, 1.165) is 40.5 Å². The largest absolute Gasteiger partial charge is 0.503 e. The van der Waals surface area contributed by atoms with Crippen molar-refractivity contribution in [3.8, 4) is 5.75 Å². The molecule has 2 amide bonds. The van der Waals surface area contributed by atoms with Crippen LogP contribution in [0.15, 0.2) is 38.6 Å². The van der Waals surface area contributed by atoms with Crippen LogP contribution in [0, 0.1) is 0 Å². The molecule has 2 atom stereocenters. The maximum atomic E-state index is 13.4. The molecule has 260 valence electrons. The second-order valence-corrected chi connectivity index (χ2v) is 13.7. The molecule has 2 aliphatic heterocycles. The van der Waals surface area contributed by atoms with Crippen molar-refractivity contribution < 1.29 is 44.5 Å². The minimum absolute atomic E-state index is 0. The minimum Gasteiger partial charge on any atom is -0.503 e. The number of tetrazole rings is 1. The summed E-state index contributed by atoms with van der Waals surface area (Å²) >= 11 is 3.01. The van der Waals surface area contributed by atoms with Crippen LogP contribution >= 0.6 is 35.1 Å². The van der Waals surface area contributed by atoms with Crippen LogP contribution in [-0.2, 0) is 30.6 Å². The number of aliphatic carboxylic acids is 2. The quantitative estimate of drug-likeness (QED) is 0.0293. The standard InChI is InChI=1S/C25H25N11O10S3.2Na/c26-23-28-17(31-49-23)14(30-46-25(22(43)44)3-1-2-4-25)18(39)27-15-19(40)36-16(21(41)42)10(8-47-20(15)36)9-48-24-29-32-33-34(24)6-11-5-12(37)13(38)7-35(11)45;;/h5,7,15,20,38,45H,1-4,6,8-9H2,(H,27,39)(H,41,42)(H,43,44)(H2,26,28,31);;/b30-14-;;/t15-,20-;;/m1../s1. The van der Waals surface area contributed by atoms with Crippen LogP contribution in [-0.4, -0.2) is 177 Å². The molecule has 0 unspecified atom stereocenters. The zero-order valence-electron chi connectivity index (χ0n) is 26.8. The number of nitrogen functional groups attached to an aromatic ring is 1. The maximum Gasteiger partial charge on any atom is 0.352 e. The Balaban J connectivity index is 0.00000292. The molecular formula is C25H25N11Na2O10S3. The maximum absolute atomic E-state index is 13.4. The molecule has 0 aromatic carbocycles. The van der Waals surface area contributed by atoms with E-state index in [-0.39, 0.29) is 118 Å². The molecule has 0 spiro atoms. The number of β-lactam (4-membered cyclic amide) rings is 1. The van der Waals surface area contributed by atoms with Crippen molar-refractivity contribution in [1.29, 1.82) is 0 Å². The zero-order valence-corrected chi connectivity index (χ0v) is 33.3. The Labute approximate surface area is 342 Å². The van der Waals surface area contributed by atoms with Crippen LogP contribution in [0.25, 0.3) is 0 Å². The van der Waals surface area contributed by atoms with Gasteiger partial charge < -0.3 is 36.4 Å². The number of nitrogens with two attached hydrogens (primary N) is 1. The van der Waals surface area contributed by atoms with Crippen molar-refractivity contribution in [3.63, 3.8) is 0 Å². The number of hydrogen-bond donors (Lipinski definition) is 6. The molecule has 3 aromatic rings. The summed E-state index contributed by atoms with van der Waals surface area (Å²) in [5.74, 6) is -4.98. The van der Waals surface area contributed by atoms with Crippen LogP contribution in [0.5, 0.6) is 5.75 Å². The minimum atomic E-state index is -1.64. The van der Waals surface area contributed by atoms with Crippen LogP contribution in [0.1, 0.15) is 37.2 Å². The van der Waals surface area contributed by atoms with E-state index in [1.807, 2.05) is 0 Å². The van der Waals surface area contributed by atoms with Gasteiger partial charge in [0.25, 0.3) is 11.8 Å². The van der Waals surface area contributed by atoms with Crippen molar-refractivity contribution in [1.82, 2.24) is 44.5 Å². The Kier molecular flexibility index (Phi) is 13.2. The van der Waals surface area contributed by atoms with E-state index < -0.39 is 57.7 Å². The van der Waals surface area contributed by atoms with Gasteiger partial charge >= 0.3 is 11.9 Å². The van der Waals surface area contributed by atoms with Crippen molar-refractivity contribution in [3.05, 3.63) is 45.3 Å². The number of amides is 2. The molecule has 26 heteroatoms. The van der Waals surface area contributed by atoms with Gasteiger partial charge in [-0.25, -0.2) is 14.3 Å². The number of aromatic nitrogens is 7. The fourth-order valence-corrected chi connectivity index (χ4v) is 8.11. The van der Waals surface area contributed by atoms with Crippen molar-refractivity contribution >= 4 is 129 Å². The zero-order chi connectivity index (χ0) is 35.0. The number of carboxylic acids is 2. The van der Waals surface area contributed by atoms with E-state index in [4.69, 9.17) is 10.6 Å². The van der Waals surface area contributed by atoms with E-state index in [2.05, 4.69) is 35.4 Å². The summed E-state index contributed by atoms with van der Waals surface area (Å²) in [5.41, 5.74) is 2.97. The number of hydrogen-bond acceptors (Lipinski definition) is 18. The normalized spacial score (nSPS) is 19.3. The van der Waals surface area contributed by atoms with Gasteiger partial charge in [0.15, 0.2) is 10.9 Å². The first-order valence-electron chi connectivity index (χ1n) is 14.2. The molecule has 5 heterocycles. The summed E-state index contributed by atoms with van der Waals surface area (Å²) in [6, 6.07) is -0.165. The molecule has 1 saturated carbocycles. The molecule has 0 bridgehead atoms. The van der Waals surface area contributed by atoms with Gasteiger partial charge in [-0.1, -0.05) is 16.9 Å². The number of carbonyl (C=O) groups excluding carboxylic acids is 2. The molecule has 21 nitrogen and oxygen atoms in total. The summed E-state index contributed by atoms with van der Waals surface area (Å²) in [4.78, 5) is 73.3. The summed E-state index contributed by atoms with van der Waals surface area (Å²) in [5, 5.41) is 56.5. The van der Waals surface area contributed by atoms with Gasteiger partial charge in [0.2, 0.25) is 27.7 Å². The molecule has 7 N–H and O–H groups in total. The van der Waals surface area contributed by atoms with Crippen molar-refractivity contribution in [2.75, 3.05) is 17.2 Å². The molecule has 3 aromatic heterocycles. The predicted molar refractivity (Wildman–Crippen MR) is 179 cm³/mol. The topological polar surface area (TPSA) is 303 Å². The van der Waals surface area contributed by atoms with Crippen LogP contribution in [0.3, 0.4) is 0 Å². The third-order valence-corrected chi connectivity index (χ3v) is 10.7.